The highest BCUT2D eigenvalue weighted by Crippen LogP contribution is 2.32. The Kier molecular flexibility index (Phi) is 5.79. The Morgan fingerprint density at radius 1 is 1.25 bits per heavy atom. The van der Waals surface area contributed by atoms with Gasteiger partial charge in [0.1, 0.15) is 11.9 Å². The number of nitrogens with zero attached hydrogens (tertiary/aromatic N) is 5. The third-order valence-corrected chi connectivity index (χ3v) is 4.37. The fourth-order valence-electron chi connectivity index (χ4n) is 2.63. The SMILES string of the molecule is CC(N=O)c1cnccc1Nc1nc(-c2cc(Cl)ccc2F)ncc1N(C)C. The van der Waals surface area contributed by atoms with Crippen LogP contribution in [-0.4, -0.2) is 29.0 Å². The number of nitrogens with one attached hydrogen (secondary N) is 1. The minimum absolute atomic E-state index is 0.185. The fraction of sp³-hybridized carbons (Fsp3) is 0.211. The van der Waals surface area contributed by atoms with Crippen molar-refractivity contribution >= 4 is 28.8 Å². The predicted molar refractivity (Wildman–Crippen MR) is 108 cm³/mol. The molecule has 0 saturated carbocycles. The summed E-state index contributed by atoms with van der Waals surface area (Å²) in [7, 11) is 3.68. The molecular formula is C19H18ClFN6O. The lowest BCUT2D eigenvalue weighted by Gasteiger charge is -2.19. The highest BCUT2D eigenvalue weighted by Gasteiger charge is 2.17. The van der Waals surface area contributed by atoms with Crippen LogP contribution in [0.4, 0.5) is 21.6 Å². The molecule has 0 saturated heterocycles. The summed E-state index contributed by atoms with van der Waals surface area (Å²) in [5, 5.41) is 6.65. The maximum absolute atomic E-state index is 14.3. The molecule has 2 aromatic heterocycles. The molecule has 1 N–H and O–H groups in total. The molecule has 2 heterocycles. The van der Waals surface area contributed by atoms with Crippen molar-refractivity contribution in [3.63, 3.8) is 0 Å². The molecule has 7 nitrogen and oxygen atoms in total. The van der Waals surface area contributed by atoms with Gasteiger partial charge in [0.2, 0.25) is 0 Å². The third kappa shape index (κ3) is 4.07. The van der Waals surface area contributed by atoms with E-state index in [-0.39, 0.29) is 11.4 Å². The monoisotopic (exact) mass is 400 g/mol. The zero-order chi connectivity index (χ0) is 20.3. The number of pyridine rings is 1. The van der Waals surface area contributed by atoms with Crippen LogP contribution in [0.3, 0.4) is 0 Å². The van der Waals surface area contributed by atoms with Gasteiger partial charge in [-0.2, -0.15) is 4.91 Å². The van der Waals surface area contributed by atoms with E-state index in [0.29, 0.717) is 27.8 Å². The second kappa shape index (κ2) is 8.26. The van der Waals surface area contributed by atoms with Gasteiger partial charge in [-0.05, 0) is 31.2 Å². The molecule has 0 aliphatic heterocycles. The van der Waals surface area contributed by atoms with Crippen LogP contribution in [-0.2, 0) is 0 Å². The topological polar surface area (TPSA) is 83.4 Å². The van der Waals surface area contributed by atoms with Gasteiger partial charge in [-0.25, -0.2) is 14.4 Å². The predicted octanol–water partition coefficient (Wildman–Crippen LogP) is 4.97. The molecule has 0 aliphatic carbocycles. The number of hydrogen-bond acceptors (Lipinski definition) is 7. The number of rotatable bonds is 6. The molecule has 0 fully saturated rings. The molecule has 0 spiro atoms. The molecule has 1 aromatic carbocycles. The molecule has 28 heavy (non-hydrogen) atoms. The van der Waals surface area contributed by atoms with Crippen LogP contribution in [0.25, 0.3) is 11.4 Å². The van der Waals surface area contributed by atoms with Crippen LogP contribution in [0.5, 0.6) is 0 Å². The highest BCUT2D eigenvalue weighted by molar-refractivity contribution is 6.30. The summed E-state index contributed by atoms with van der Waals surface area (Å²) < 4.78 is 14.3. The minimum Gasteiger partial charge on any atom is -0.373 e. The van der Waals surface area contributed by atoms with Crippen molar-refractivity contribution in [2.75, 3.05) is 24.3 Å². The number of aromatic nitrogens is 3. The average molecular weight is 401 g/mol. The van der Waals surface area contributed by atoms with E-state index in [0.717, 1.165) is 0 Å². The standard InChI is InChI=1S/C19H18ClFN6O/c1-11(26-28)14-9-22-7-6-16(14)24-19-17(27(2)3)10-23-18(25-19)13-8-12(20)4-5-15(13)21/h4-11H,1-3H3,(H,22,23,24,25). The van der Waals surface area contributed by atoms with E-state index in [1.807, 2.05) is 19.0 Å². The molecule has 0 bridgehead atoms. The lowest BCUT2D eigenvalue weighted by atomic mass is 10.1. The zero-order valence-corrected chi connectivity index (χ0v) is 16.3. The molecule has 0 radical (unpaired) electrons. The fourth-order valence-corrected chi connectivity index (χ4v) is 2.80. The Bertz CT molecular complexity index is 1010. The summed E-state index contributed by atoms with van der Waals surface area (Å²) in [5.41, 5.74) is 2.12. The Morgan fingerprint density at radius 3 is 2.75 bits per heavy atom. The lowest BCUT2D eigenvalue weighted by Crippen LogP contribution is -2.13. The zero-order valence-electron chi connectivity index (χ0n) is 15.5. The van der Waals surface area contributed by atoms with Crippen molar-refractivity contribution in [1.82, 2.24) is 15.0 Å². The average Bonchev–Trinajstić information content (AvgIpc) is 2.69. The summed E-state index contributed by atoms with van der Waals surface area (Å²) in [6, 6.07) is 5.34. The molecular weight excluding hydrogens is 383 g/mol. The van der Waals surface area contributed by atoms with E-state index in [4.69, 9.17) is 11.6 Å². The maximum atomic E-state index is 14.3. The lowest BCUT2D eigenvalue weighted by molar-refractivity contribution is 0.630. The number of benzene rings is 1. The first-order chi connectivity index (χ1) is 13.4. The van der Waals surface area contributed by atoms with Gasteiger partial charge in [0, 0.05) is 42.8 Å². The van der Waals surface area contributed by atoms with Gasteiger partial charge in [-0.3, -0.25) is 4.98 Å². The van der Waals surface area contributed by atoms with Crippen molar-refractivity contribution in [2.24, 2.45) is 5.18 Å². The van der Waals surface area contributed by atoms with E-state index in [9.17, 15) is 9.30 Å². The minimum atomic E-state index is -0.592. The van der Waals surface area contributed by atoms with E-state index in [2.05, 4.69) is 25.4 Å². The highest BCUT2D eigenvalue weighted by atomic mass is 35.5. The Hall–Kier alpha value is -3.13. The van der Waals surface area contributed by atoms with Gasteiger partial charge < -0.3 is 10.2 Å². The van der Waals surface area contributed by atoms with Crippen molar-refractivity contribution in [1.29, 1.82) is 0 Å². The summed E-state index contributed by atoms with van der Waals surface area (Å²) in [4.78, 5) is 25.6. The number of nitroso groups, excluding NO2 is 1. The first kappa shape index (κ1) is 19.6. The van der Waals surface area contributed by atoms with Crippen molar-refractivity contribution in [3.05, 3.63) is 64.2 Å². The first-order valence-corrected chi connectivity index (χ1v) is 8.81. The summed E-state index contributed by atoms with van der Waals surface area (Å²) in [5.74, 6) is 0.154. The summed E-state index contributed by atoms with van der Waals surface area (Å²) >= 11 is 6.00. The molecule has 3 aromatic rings. The van der Waals surface area contributed by atoms with E-state index < -0.39 is 11.9 Å². The normalized spacial score (nSPS) is 11.8. The Morgan fingerprint density at radius 2 is 2.04 bits per heavy atom. The van der Waals surface area contributed by atoms with Gasteiger partial charge in [-0.1, -0.05) is 16.8 Å². The van der Waals surface area contributed by atoms with Crippen molar-refractivity contribution < 1.29 is 4.39 Å². The summed E-state index contributed by atoms with van der Waals surface area (Å²) in [6.45, 7) is 1.68. The number of anilines is 3. The second-order valence-corrected chi connectivity index (χ2v) is 6.75. The van der Waals surface area contributed by atoms with Crippen LogP contribution < -0.4 is 10.2 Å². The van der Waals surface area contributed by atoms with E-state index in [1.54, 1.807) is 31.6 Å². The van der Waals surface area contributed by atoms with Crippen LogP contribution in [0.1, 0.15) is 18.5 Å². The number of halogens is 2. The Labute approximate surface area is 166 Å². The molecule has 1 unspecified atom stereocenters. The van der Waals surface area contributed by atoms with Gasteiger partial charge in [0.15, 0.2) is 11.6 Å². The molecule has 1 atom stereocenters. The second-order valence-electron chi connectivity index (χ2n) is 6.32. The van der Waals surface area contributed by atoms with Gasteiger partial charge in [0.25, 0.3) is 0 Å². The van der Waals surface area contributed by atoms with Crippen molar-refractivity contribution in [2.45, 2.75) is 13.0 Å². The third-order valence-electron chi connectivity index (χ3n) is 4.13. The van der Waals surface area contributed by atoms with Gasteiger partial charge in [-0.15, -0.1) is 0 Å². The van der Waals surface area contributed by atoms with Crippen LogP contribution in [0.15, 0.2) is 48.0 Å². The maximum Gasteiger partial charge on any atom is 0.164 e. The van der Waals surface area contributed by atoms with Crippen molar-refractivity contribution in [3.8, 4) is 11.4 Å². The van der Waals surface area contributed by atoms with Crippen LogP contribution in [0, 0.1) is 10.7 Å². The molecule has 144 valence electrons. The van der Waals surface area contributed by atoms with Crippen LogP contribution in [0.2, 0.25) is 5.02 Å². The first-order valence-electron chi connectivity index (χ1n) is 8.44. The Balaban J connectivity index is 2.10. The van der Waals surface area contributed by atoms with Gasteiger partial charge in [0.05, 0.1) is 17.4 Å². The van der Waals surface area contributed by atoms with E-state index in [1.165, 1.54) is 18.2 Å². The quantitative estimate of drug-likeness (QED) is 0.588. The van der Waals surface area contributed by atoms with Crippen LogP contribution >= 0.6 is 11.6 Å². The van der Waals surface area contributed by atoms with E-state index >= 15 is 0 Å². The number of hydrogen-bond donors (Lipinski definition) is 1. The summed E-state index contributed by atoms with van der Waals surface area (Å²) in [6.07, 6.45) is 4.76. The largest absolute Gasteiger partial charge is 0.373 e. The molecule has 3 rings (SSSR count). The molecule has 0 amide bonds. The van der Waals surface area contributed by atoms with Gasteiger partial charge >= 0.3 is 0 Å². The smallest absolute Gasteiger partial charge is 0.164 e. The molecule has 9 heteroatoms. The molecule has 0 aliphatic rings.